The lowest BCUT2D eigenvalue weighted by molar-refractivity contribution is 0.102. The summed E-state index contributed by atoms with van der Waals surface area (Å²) in [5.74, 6) is -0.178. The summed E-state index contributed by atoms with van der Waals surface area (Å²) in [6.45, 7) is 4.10. The van der Waals surface area contributed by atoms with E-state index in [0.29, 0.717) is 5.69 Å². The first-order valence-corrected chi connectivity index (χ1v) is 8.21. The van der Waals surface area contributed by atoms with Crippen LogP contribution in [0.5, 0.6) is 0 Å². The van der Waals surface area contributed by atoms with Crippen LogP contribution in [0.2, 0.25) is 0 Å². The number of aryl methyl sites for hydroxylation is 1. The van der Waals surface area contributed by atoms with Crippen molar-refractivity contribution in [1.29, 1.82) is 0 Å². The molecule has 1 aliphatic rings. The number of halogens is 1. The van der Waals surface area contributed by atoms with Crippen molar-refractivity contribution in [2.75, 3.05) is 23.3 Å². The maximum Gasteiger partial charge on any atom is 0.274 e. The van der Waals surface area contributed by atoms with Gasteiger partial charge in [0, 0.05) is 35.1 Å². The van der Waals surface area contributed by atoms with E-state index in [-0.39, 0.29) is 5.91 Å². The molecule has 5 heteroatoms. The number of aromatic nitrogens is 1. The quantitative estimate of drug-likeness (QED) is 0.900. The Morgan fingerprint density at radius 2 is 2.00 bits per heavy atom. The first kappa shape index (κ1) is 15.0. The monoisotopic (exact) mass is 359 g/mol. The van der Waals surface area contributed by atoms with Crippen LogP contribution in [0.15, 0.2) is 41.0 Å². The first-order valence-electron chi connectivity index (χ1n) is 7.42. The smallest absolute Gasteiger partial charge is 0.274 e. The normalized spacial score (nSPS) is 14.2. The molecule has 3 rings (SSSR count). The first-order chi connectivity index (χ1) is 10.6. The number of pyridine rings is 1. The molecular formula is C17H18BrN3O. The summed E-state index contributed by atoms with van der Waals surface area (Å²) in [5.41, 5.74) is 3.38. The van der Waals surface area contributed by atoms with Crippen molar-refractivity contribution in [3.8, 4) is 0 Å². The average Bonchev–Trinajstić information content (AvgIpc) is 3.05. The van der Waals surface area contributed by atoms with E-state index >= 15 is 0 Å². The summed E-state index contributed by atoms with van der Waals surface area (Å²) in [4.78, 5) is 18.9. The Hall–Kier alpha value is -1.88. The van der Waals surface area contributed by atoms with Crippen molar-refractivity contribution in [3.63, 3.8) is 0 Å². The molecule has 2 heterocycles. The molecule has 1 fully saturated rings. The fraction of sp³-hybridized carbons (Fsp3) is 0.294. The summed E-state index contributed by atoms with van der Waals surface area (Å²) in [7, 11) is 0. The van der Waals surface area contributed by atoms with E-state index in [1.807, 2.05) is 37.3 Å². The highest BCUT2D eigenvalue weighted by Crippen LogP contribution is 2.22. The highest BCUT2D eigenvalue weighted by atomic mass is 79.9. The summed E-state index contributed by atoms with van der Waals surface area (Å²) in [5, 5.41) is 2.90. The van der Waals surface area contributed by atoms with E-state index in [9.17, 15) is 4.79 Å². The van der Waals surface area contributed by atoms with Crippen LogP contribution in [0.1, 0.15) is 28.9 Å². The van der Waals surface area contributed by atoms with Crippen molar-refractivity contribution in [1.82, 2.24) is 4.98 Å². The molecule has 114 valence electrons. The standard InChI is InChI=1S/C17H18BrN3O/c1-12-10-13(4-5-15(12)18)20-17(22)16-11-14(6-7-19-16)21-8-2-3-9-21/h4-7,10-11H,2-3,8-9H2,1H3,(H,20,22). The van der Waals surface area contributed by atoms with Crippen LogP contribution in [0, 0.1) is 6.92 Å². The number of nitrogens with one attached hydrogen (secondary N) is 1. The number of nitrogens with zero attached hydrogens (tertiary/aromatic N) is 2. The number of carbonyl (C=O) groups is 1. The minimum atomic E-state index is -0.178. The Labute approximate surface area is 138 Å². The zero-order valence-corrected chi connectivity index (χ0v) is 14.1. The largest absolute Gasteiger partial charge is 0.371 e. The van der Waals surface area contributed by atoms with E-state index in [4.69, 9.17) is 0 Å². The number of carbonyl (C=O) groups excluding carboxylic acids is 1. The Balaban J connectivity index is 1.76. The van der Waals surface area contributed by atoms with Crippen LogP contribution in [0.25, 0.3) is 0 Å². The van der Waals surface area contributed by atoms with Crippen LogP contribution < -0.4 is 10.2 Å². The Kier molecular flexibility index (Phi) is 4.43. The van der Waals surface area contributed by atoms with Gasteiger partial charge in [-0.1, -0.05) is 15.9 Å². The molecule has 0 unspecified atom stereocenters. The zero-order valence-electron chi connectivity index (χ0n) is 12.5. The molecule has 0 aliphatic carbocycles. The van der Waals surface area contributed by atoms with E-state index in [2.05, 4.69) is 31.1 Å². The molecule has 0 spiro atoms. The molecular weight excluding hydrogens is 342 g/mol. The van der Waals surface area contributed by atoms with Gasteiger partial charge in [-0.05, 0) is 55.7 Å². The lowest BCUT2D eigenvalue weighted by Gasteiger charge is -2.17. The van der Waals surface area contributed by atoms with Crippen molar-refractivity contribution < 1.29 is 4.79 Å². The van der Waals surface area contributed by atoms with Gasteiger partial charge in [0.1, 0.15) is 5.69 Å². The molecule has 1 N–H and O–H groups in total. The minimum Gasteiger partial charge on any atom is -0.371 e. The number of anilines is 2. The zero-order chi connectivity index (χ0) is 15.5. The van der Waals surface area contributed by atoms with Gasteiger partial charge in [0.2, 0.25) is 0 Å². The van der Waals surface area contributed by atoms with Gasteiger partial charge >= 0.3 is 0 Å². The van der Waals surface area contributed by atoms with Crippen LogP contribution in [0.4, 0.5) is 11.4 Å². The lowest BCUT2D eigenvalue weighted by Crippen LogP contribution is -2.19. The second kappa shape index (κ2) is 6.48. The molecule has 22 heavy (non-hydrogen) atoms. The van der Waals surface area contributed by atoms with Crippen LogP contribution in [0.3, 0.4) is 0 Å². The Morgan fingerprint density at radius 1 is 1.23 bits per heavy atom. The number of benzene rings is 1. The predicted octanol–water partition coefficient (Wildman–Crippen LogP) is 4.01. The van der Waals surface area contributed by atoms with Crippen molar-refractivity contribution in [2.45, 2.75) is 19.8 Å². The molecule has 1 aromatic carbocycles. The van der Waals surface area contributed by atoms with Gasteiger partial charge in [0.25, 0.3) is 5.91 Å². The van der Waals surface area contributed by atoms with Gasteiger partial charge in [-0.25, -0.2) is 0 Å². The molecule has 1 saturated heterocycles. The topological polar surface area (TPSA) is 45.2 Å². The SMILES string of the molecule is Cc1cc(NC(=O)c2cc(N3CCCC3)ccn2)ccc1Br. The number of amides is 1. The molecule has 1 aromatic heterocycles. The van der Waals surface area contributed by atoms with Crippen molar-refractivity contribution in [3.05, 3.63) is 52.3 Å². The van der Waals surface area contributed by atoms with Gasteiger partial charge in [0.05, 0.1) is 0 Å². The summed E-state index contributed by atoms with van der Waals surface area (Å²) >= 11 is 3.46. The average molecular weight is 360 g/mol. The molecule has 2 aromatic rings. The Bertz CT molecular complexity index is 696. The predicted molar refractivity (Wildman–Crippen MR) is 92.5 cm³/mol. The molecule has 0 radical (unpaired) electrons. The fourth-order valence-corrected chi connectivity index (χ4v) is 2.88. The maximum absolute atomic E-state index is 12.4. The molecule has 4 nitrogen and oxygen atoms in total. The minimum absolute atomic E-state index is 0.178. The summed E-state index contributed by atoms with van der Waals surface area (Å²) < 4.78 is 1.03. The fourth-order valence-electron chi connectivity index (χ4n) is 2.63. The van der Waals surface area contributed by atoms with Gasteiger partial charge < -0.3 is 10.2 Å². The molecule has 0 bridgehead atoms. The second-order valence-corrected chi connectivity index (χ2v) is 6.37. The number of rotatable bonds is 3. The van der Waals surface area contributed by atoms with Crippen LogP contribution in [-0.4, -0.2) is 24.0 Å². The molecule has 0 saturated carbocycles. The summed E-state index contributed by atoms with van der Waals surface area (Å²) in [6.07, 6.45) is 4.12. The highest BCUT2D eigenvalue weighted by Gasteiger charge is 2.15. The van der Waals surface area contributed by atoms with E-state index in [1.54, 1.807) is 6.20 Å². The maximum atomic E-state index is 12.4. The van der Waals surface area contributed by atoms with Crippen LogP contribution >= 0.6 is 15.9 Å². The number of hydrogen-bond donors (Lipinski definition) is 1. The third-order valence-corrected chi connectivity index (χ3v) is 4.75. The van der Waals surface area contributed by atoms with Gasteiger partial charge in [-0.3, -0.25) is 9.78 Å². The third-order valence-electron chi connectivity index (χ3n) is 3.86. The van der Waals surface area contributed by atoms with E-state index < -0.39 is 0 Å². The molecule has 1 aliphatic heterocycles. The van der Waals surface area contributed by atoms with Crippen LogP contribution in [-0.2, 0) is 0 Å². The van der Waals surface area contributed by atoms with Crippen molar-refractivity contribution >= 4 is 33.2 Å². The highest BCUT2D eigenvalue weighted by molar-refractivity contribution is 9.10. The second-order valence-electron chi connectivity index (χ2n) is 5.51. The van der Waals surface area contributed by atoms with Gasteiger partial charge in [0.15, 0.2) is 0 Å². The molecule has 1 amide bonds. The third kappa shape index (κ3) is 3.30. The van der Waals surface area contributed by atoms with E-state index in [1.165, 1.54) is 12.8 Å². The lowest BCUT2D eigenvalue weighted by atomic mass is 10.2. The van der Waals surface area contributed by atoms with E-state index in [0.717, 1.165) is 34.5 Å². The Morgan fingerprint density at radius 3 is 2.73 bits per heavy atom. The van der Waals surface area contributed by atoms with Gasteiger partial charge in [-0.2, -0.15) is 0 Å². The number of hydrogen-bond acceptors (Lipinski definition) is 3. The van der Waals surface area contributed by atoms with Gasteiger partial charge in [-0.15, -0.1) is 0 Å². The molecule has 0 atom stereocenters. The van der Waals surface area contributed by atoms with Crippen molar-refractivity contribution in [2.24, 2.45) is 0 Å². The summed E-state index contributed by atoms with van der Waals surface area (Å²) in [6, 6.07) is 9.57.